The highest BCUT2D eigenvalue weighted by Crippen LogP contribution is 2.23. The lowest BCUT2D eigenvalue weighted by atomic mass is 10.1. The van der Waals surface area contributed by atoms with Crippen LogP contribution in [-0.2, 0) is 4.79 Å². The minimum absolute atomic E-state index is 0.417. The van der Waals surface area contributed by atoms with Crippen LogP contribution in [0.25, 0.3) is 0 Å². The van der Waals surface area contributed by atoms with E-state index in [4.69, 9.17) is 15.0 Å². The molecule has 76 valence electrons. The highest BCUT2D eigenvalue weighted by Gasteiger charge is 2.12. The van der Waals surface area contributed by atoms with Crippen molar-refractivity contribution < 1.29 is 15.0 Å². The van der Waals surface area contributed by atoms with Gasteiger partial charge in [-0.05, 0) is 18.8 Å². The maximum Gasteiger partial charge on any atom is 0.300 e. The molecule has 3 nitrogen and oxygen atoms in total. The van der Waals surface area contributed by atoms with Crippen LogP contribution in [0.15, 0.2) is 0 Å². The Labute approximate surface area is 79.8 Å². The Morgan fingerprint density at radius 1 is 1.38 bits per heavy atom. The van der Waals surface area contributed by atoms with Crippen LogP contribution in [-0.4, -0.2) is 22.8 Å². The summed E-state index contributed by atoms with van der Waals surface area (Å²) in [6, 6.07) is 0. The fourth-order valence-corrected chi connectivity index (χ4v) is 1.19. The van der Waals surface area contributed by atoms with Crippen molar-refractivity contribution in [3.63, 3.8) is 0 Å². The van der Waals surface area contributed by atoms with E-state index < -0.39 is 5.97 Å². The van der Waals surface area contributed by atoms with Gasteiger partial charge in [-0.15, -0.1) is 12.8 Å². The third kappa shape index (κ3) is 13.9. The molecule has 0 heterocycles. The van der Waals surface area contributed by atoms with Gasteiger partial charge >= 0.3 is 0 Å². The highest BCUT2D eigenvalue weighted by molar-refractivity contribution is 5.62. The first-order valence-corrected chi connectivity index (χ1v) is 4.30. The molecule has 3 heteroatoms. The monoisotopic (exact) mass is 186 g/mol. The molecule has 0 amide bonds. The van der Waals surface area contributed by atoms with Crippen molar-refractivity contribution in [1.82, 2.24) is 0 Å². The standard InChI is InChI=1S/C6H12O.C2H4O2.C2H2/c7-5-6-3-1-2-4-6;1-2(3)4;1-2/h6-7H,1-5H2;1H3,(H,3,4);1-2H. The molecule has 0 atom stereocenters. The Balaban J connectivity index is 0. The van der Waals surface area contributed by atoms with Gasteiger partial charge in [-0.1, -0.05) is 12.8 Å². The number of carbonyl (C=O) groups is 1. The van der Waals surface area contributed by atoms with Crippen molar-refractivity contribution in [1.29, 1.82) is 0 Å². The summed E-state index contributed by atoms with van der Waals surface area (Å²) in [7, 11) is 0. The minimum atomic E-state index is -0.833. The van der Waals surface area contributed by atoms with Gasteiger partial charge < -0.3 is 10.2 Å². The number of aliphatic hydroxyl groups is 1. The Hall–Kier alpha value is -1.01. The Kier molecular flexibility index (Phi) is 12.3. The maximum absolute atomic E-state index is 9.00. The summed E-state index contributed by atoms with van der Waals surface area (Å²) in [6.07, 6.45) is 13.2. The van der Waals surface area contributed by atoms with Crippen molar-refractivity contribution in [3.05, 3.63) is 0 Å². The van der Waals surface area contributed by atoms with E-state index in [1.54, 1.807) is 0 Å². The molecular formula is C10H18O3. The second-order valence-corrected chi connectivity index (χ2v) is 2.85. The molecule has 1 aliphatic rings. The zero-order chi connectivity index (χ0) is 10.7. The van der Waals surface area contributed by atoms with Crippen LogP contribution >= 0.6 is 0 Å². The lowest BCUT2D eigenvalue weighted by molar-refractivity contribution is -0.134. The van der Waals surface area contributed by atoms with Crippen LogP contribution in [0.1, 0.15) is 32.6 Å². The molecule has 0 bridgehead atoms. The first-order valence-electron chi connectivity index (χ1n) is 4.30. The molecule has 1 fully saturated rings. The highest BCUT2D eigenvalue weighted by atomic mass is 16.4. The van der Waals surface area contributed by atoms with Gasteiger partial charge in [0, 0.05) is 13.5 Å². The Morgan fingerprint density at radius 2 is 1.69 bits per heavy atom. The van der Waals surface area contributed by atoms with Crippen molar-refractivity contribution in [2.24, 2.45) is 5.92 Å². The van der Waals surface area contributed by atoms with E-state index in [2.05, 4.69) is 12.8 Å². The molecule has 0 spiro atoms. The van der Waals surface area contributed by atoms with Crippen molar-refractivity contribution >= 4 is 5.97 Å². The van der Waals surface area contributed by atoms with Gasteiger partial charge in [-0.25, -0.2) is 0 Å². The molecule has 0 aromatic rings. The molecule has 1 rings (SSSR count). The molecule has 0 saturated heterocycles. The van der Waals surface area contributed by atoms with Gasteiger partial charge in [0.05, 0.1) is 0 Å². The van der Waals surface area contributed by atoms with E-state index in [0.717, 1.165) is 6.92 Å². The van der Waals surface area contributed by atoms with E-state index in [1.807, 2.05) is 0 Å². The van der Waals surface area contributed by atoms with E-state index in [-0.39, 0.29) is 0 Å². The summed E-state index contributed by atoms with van der Waals surface area (Å²) >= 11 is 0. The molecule has 1 saturated carbocycles. The first-order chi connectivity index (χ1) is 6.16. The average molecular weight is 186 g/mol. The Morgan fingerprint density at radius 3 is 1.85 bits per heavy atom. The number of aliphatic carboxylic acids is 1. The lowest BCUT2D eigenvalue weighted by Crippen LogP contribution is -1.97. The third-order valence-electron chi connectivity index (χ3n) is 1.73. The molecule has 0 aromatic heterocycles. The molecule has 0 aliphatic heterocycles. The van der Waals surface area contributed by atoms with Crippen LogP contribution in [0.2, 0.25) is 0 Å². The average Bonchev–Trinajstić information content (AvgIpc) is 2.58. The second-order valence-electron chi connectivity index (χ2n) is 2.85. The topological polar surface area (TPSA) is 57.5 Å². The van der Waals surface area contributed by atoms with Crippen molar-refractivity contribution in [2.75, 3.05) is 6.61 Å². The van der Waals surface area contributed by atoms with E-state index in [0.29, 0.717) is 12.5 Å². The first kappa shape index (κ1) is 14.5. The molecule has 0 aromatic carbocycles. The predicted molar refractivity (Wildman–Crippen MR) is 52.2 cm³/mol. The zero-order valence-corrected chi connectivity index (χ0v) is 8.07. The number of hydrogen-bond acceptors (Lipinski definition) is 2. The van der Waals surface area contributed by atoms with E-state index in [9.17, 15) is 0 Å². The normalized spacial score (nSPS) is 14.8. The SMILES string of the molecule is C#C.CC(=O)O.OCC1CCCC1. The van der Waals surface area contributed by atoms with Crippen LogP contribution in [0.3, 0.4) is 0 Å². The van der Waals surface area contributed by atoms with Crippen molar-refractivity contribution in [2.45, 2.75) is 32.6 Å². The molecule has 13 heavy (non-hydrogen) atoms. The second kappa shape index (κ2) is 11.0. The minimum Gasteiger partial charge on any atom is -0.481 e. The smallest absolute Gasteiger partial charge is 0.300 e. The maximum atomic E-state index is 9.00. The number of terminal acetylenes is 1. The summed E-state index contributed by atoms with van der Waals surface area (Å²) in [5.74, 6) is -0.181. The van der Waals surface area contributed by atoms with Gasteiger partial charge in [0.1, 0.15) is 0 Å². The number of aliphatic hydroxyl groups excluding tert-OH is 1. The number of rotatable bonds is 1. The summed E-state index contributed by atoms with van der Waals surface area (Å²) in [5, 5.41) is 16.0. The van der Waals surface area contributed by atoms with Gasteiger partial charge in [0.15, 0.2) is 0 Å². The predicted octanol–water partition coefficient (Wildman–Crippen LogP) is 1.51. The van der Waals surface area contributed by atoms with Crippen LogP contribution < -0.4 is 0 Å². The fraction of sp³-hybridized carbons (Fsp3) is 0.700. The number of carboxylic acids is 1. The van der Waals surface area contributed by atoms with E-state index in [1.165, 1.54) is 25.7 Å². The molecule has 1 aliphatic carbocycles. The van der Waals surface area contributed by atoms with Crippen LogP contribution in [0, 0.1) is 18.8 Å². The van der Waals surface area contributed by atoms with Crippen LogP contribution in [0.5, 0.6) is 0 Å². The number of carboxylic acid groups (broad SMARTS) is 1. The summed E-state index contributed by atoms with van der Waals surface area (Å²) < 4.78 is 0. The molecule has 0 radical (unpaired) electrons. The lowest BCUT2D eigenvalue weighted by Gasteiger charge is -1.98. The van der Waals surface area contributed by atoms with Gasteiger partial charge in [-0.2, -0.15) is 0 Å². The molecule has 2 N–H and O–H groups in total. The van der Waals surface area contributed by atoms with E-state index >= 15 is 0 Å². The van der Waals surface area contributed by atoms with Gasteiger partial charge in [-0.3, -0.25) is 4.79 Å². The van der Waals surface area contributed by atoms with Gasteiger partial charge in [0.2, 0.25) is 0 Å². The Bertz CT molecular complexity index is 130. The summed E-state index contributed by atoms with van der Waals surface area (Å²) in [4.78, 5) is 9.00. The van der Waals surface area contributed by atoms with Crippen molar-refractivity contribution in [3.8, 4) is 12.8 Å². The van der Waals surface area contributed by atoms with Crippen LogP contribution in [0.4, 0.5) is 0 Å². The van der Waals surface area contributed by atoms with Gasteiger partial charge in [0.25, 0.3) is 5.97 Å². The summed E-state index contributed by atoms with van der Waals surface area (Å²) in [5.41, 5.74) is 0. The largest absolute Gasteiger partial charge is 0.481 e. The third-order valence-corrected chi connectivity index (χ3v) is 1.73. The zero-order valence-electron chi connectivity index (χ0n) is 8.07. The quantitative estimate of drug-likeness (QED) is 0.610. The fourth-order valence-electron chi connectivity index (χ4n) is 1.19. The number of hydrogen-bond donors (Lipinski definition) is 2. The molecular weight excluding hydrogens is 168 g/mol. The molecule has 0 unspecified atom stereocenters. The summed E-state index contributed by atoms with van der Waals surface area (Å²) in [6.45, 7) is 1.50.